The fourth-order valence-corrected chi connectivity index (χ4v) is 2.43. The van der Waals surface area contributed by atoms with Crippen molar-refractivity contribution in [3.05, 3.63) is 69.9 Å². The number of carbonyl (C=O) groups is 2. The molecule has 1 unspecified atom stereocenters. The van der Waals surface area contributed by atoms with E-state index in [9.17, 15) is 14.0 Å². The van der Waals surface area contributed by atoms with Gasteiger partial charge in [-0.05, 0) is 23.8 Å². The van der Waals surface area contributed by atoms with E-state index in [-0.39, 0.29) is 12.0 Å². The normalized spacial score (nSPS) is 11.6. The van der Waals surface area contributed by atoms with Gasteiger partial charge in [0.15, 0.2) is 0 Å². The smallest absolute Gasteiger partial charge is 0.307 e. The van der Waals surface area contributed by atoms with Crippen LogP contribution in [-0.4, -0.2) is 19.0 Å². The van der Waals surface area contributed by atoms with Crippen molar-refractivity contribution in [3.8, 4) is 0 Å². The van der Waals surface area contributed by atoms with Crippen LogP contribution in [0.1, 0.15) is 28.4 Å². The third-order valence-electron chi connectivity index (χ3n) is 3.28. The van der Waals surface area contributed by atoms with Crippen LogP contribution in [0.5, 0.6) is 0 Å². The molecule has 120 valence electrons. The molecule has 2 aromatic rings. The summed E-state index contributed by atoms with van der Waals surface area (Å²) >= 11 is 3.14. The number of nitrogens with one attached hydrogen (secondary N) is 1. The lowest BCUT2D eigenvalue weighted by Gasteiger charge is -2.18. The van der Waals surface area contributed by atoms with Crippen molar-refractivity contribution in [1.29, 1.82) is 0 Å². The van der Waals surface area contributed by atoms with Crippen molar-refractivity contribution in [2.45, 2.75) is 12.5 Å². The third kappa shape index (κ3) is 4.63. The van der Waals surface area contributed by atoms with E-state index in [2.05, 4.69) is 26.0 Å². The number of methoxy groups -OCH3 is 1. The monoisotopic (exact) mass is 379 g/mol. The topological polar surface area (TPSA) is 55.4 Å². The minimum absolute atomic E-state index is 0.0373. The molecule has 0 aromatic heterocycles. The Morgan fingerprint density at radius 2 is 1.91 bits per heavy atom. The summed E-state index contributed by atoms with van der Waals surface area (Å²) in [5.74, 6) is -1.69. The van der Waals surface area contributed by atoms with Gasteiger partial charge in [-0.15, -0.1) is 0 Å². The van der Waals surface area contributed by atoms with Crippen LogP contribution in [0.2, 0.25) is 0 Å². The molecule has 23 heavy (non-hydrogen) atoms. The second-order valence-electron chi connectivity index (χ2n) is 4.84. The highest BCUT2D eigenvalue weighted by molar-refractivity contribution is 9.10. The molecule has 0 saturated heterocycles. The first kappa shape index (κ1) is 17.1. The van der Waals surface area contributed by atoms with Crippen molar-refractivity contribution in [3.63, 3.8) is 0 Å². The van der Waals surface area contributed by atoms with E-state index in [0.29, 0.717) is 4.47 Å². The lowest BCUT2D eigenvalue weighted by atomic mass is 10.0. The zero-order valence-corrected chi connectivity index (χ0v) is 14.0. The van der Waals surface area contributed by atoms with Crippen molar-refractivity contribution in [1.82, 2.24) is 5.32 Å². The fraction of sp³-hybridized carbons (Fsp3) is 0.176. The molecule has 0 radical (unpaired) electrons. The number of esters is 1. The van der Waals surface area contributed by atoms with Crippen LogP contribution in [0.4, 0.5) is 4.39 Å². The highest BCUT2D eigenvalue weighted by atomic mass is 79.9. The molecule has 0 bridgehead atoms. The highest BCUT2D eigenvalue weighted by Gasteiger charge is 2.21. The predicted molar refractivity (Wildman–Crippen MR) is 87.4 cm³/mol. The zero-order valence-electron chi connectivity index (χ0n) is 12.4. The summed E-state index contributed by atoms with van der Waals surface area (Å²) in [6, 6.07) is 12.6. The van der Waals surface area contributed by atoms with E-state index in [1.165, 1.54) is 19.2 Å². The summed E-state index contributed by atoms with van der Waals surface area (Å²) in [6.45, 7) is 0. The van der Waals surface area contributed by atoms with Crippen LogP contribution in [-0.2, 0) is 9.53 Å². The van der Waals surface area contributed by atoms with Gasteiger partial charge in [-0.25, -0.2) is 4.39 Å². The van der Waals surface area contributed by atoms with Gasteiger partial charge in [0.2, 0.25) is 0 Å². The van der Waals surface area contributed by atoms with Crippen molar-refractivity contribution >= 4 is 27.8 Å². The van der Waals surface area contributed by atoms with Crippen LogP contribution in [0.3, 0.4) is 0 Å². The van der Waals surface area contributed by atoms with Crippen LogP contribution in [0, 0.1) is 5.82 Å². The largest absolute Gasteiger partial charge is 0.469 e. The first-order valence-electron chi connectivity index (χ1n) is 6.89. The minimum Gasteiger partial charge on any atom is -0.469 e. The molecular weight excluding hydrogens is 365 g/mol. The Morgan fingerprint density at radius 3 is 2.52 bits per heavy atom. The van der Waals surface area contributed by atoms with E-state index in [4.69, 9.17) is 0 Å². The Hall–Kier alpha value is -2.21. The average Bonchev–Trinajstić information content (AvgIpc) is 2.54. The third-order valence-corrected chi connectivity index (χ3v) is 3.77. The maximum absolute atomic E-state index is 13.9. The summed E-state index contributed by atoms with van der Waals surface area (Å²) in [4.78, 5) is 23.9. The highest BCUT2D eigenvalue weighted by Crippen LogP contribution is 2.20. The SMILES string of the molecule is COC(=O)CC(NC(=O)c1ccc(Br)cc1F)c1ccccc1. The van der Waals surface area contributed by atoms with Crippen molar-refractivity contribution < 1.29 is 18.7 Å². The molecule has 1 amide bonds. The quantitative estimate of drug-likeness (QED) is 0.807. The average molecular weight is 380 g/mol. The molecule has 2 rings (SSSR count). The molecule has 1 N–H and O–H groups in total. The van der Waals surface area contributed by atoms with Gasteiger partial charge < -0.3 is 10.1 Å². The zero-order chi connectivity index (χ0) is 16.8. The molecule has 0 aliphatic rings. The fourth-order valence-electron chi connectivity index (χ4n) is 2.10. The standard InChI is InChI=1S/C17H15BrFNO3/c1-23-16(21)10-15(11-5-3-2-4-6-11)20-17(22)13-8-7-12(18)9-14(13)19/h2-9,15H,10H2,1H3,(H,20,22). The first-order valence-corrected chi connectivity index (χ1v) is 7.68. The Bertz CT molecular complexity index is 706. The van der Waals surface area contributed by atoms with Crippen molar-refractivity contribution in [2.24, 2.45) is 0 Å². The summed E-state index contributed by atoms with van der Waals surface area (Å²) in [6.07, 6.45) is -0.0373. The number of benzene rings is 2. The van der Waals surface area contributed by atoms with E-state index in [0.717, 1.165) is 5.56 Å². The number of rotatable bonds is 5. The van der Waals surface area contributed by atoms with E-state index < -0.39 is 23.7 Å². The van der Waals surface area contributed by atoms with Gasteiger partial charge in [-0.3, -0.25) is 9.59 Å². The molecule has 6 heteroatoms. The Labute approximate surface area is 141 Å². The van der Waals surface area contributed by atoms with Crippen molar-refractivity contribution in [2.75, 3.05) is 7.11 Å². The molecule has 0 heterocycles. The van der Waals surface area contributed by atoms with E-state index in [1.54, 1.807) is 30.3 Å². The van der Waals surface area contributed by atoms with Gasteiger partial charge in [-0.2, -0.15) is 0 Å². The molecule has 0 spiro atoms. The Kier molecular flexibility index (Phi) is 5.87. The lowest BCUT2D eigenvalue weighted by molar-refractivity contribution is -0.141. The van der Waals surface area contributed by atoms with Crippen LogP contribution < -0.4 is 5.32 Å². The molecule has 0 aliphatic carbocycles. The molecule has 1 atom stereocenters. The predicted octanol–water partition coefficient (Wildman–Crippen LogP) is 3.62. The number of hydrogen-bond donors (Lipinski definition) is 1. The molecule has 2 aromatic carbocycles. The maximum Gasteiger partial charge on any atom is 0.307 e. The Morgan fingerprint density at radius 1 is 1.22 bits per heavy atom. The maximum atomic E-state index is 13.9. The van der Waals surface area contributed by atoms with Crippen LogP contribution >= 0.6 is 15.9 Å². The van der Waals surface area contributed by atoms with E-state index >= 15 is 0 Å². The number of amides is 1. The molecule has 0 fully saturated rings. The number of hydrogen-bond acceptors (Lipinski definition) is 3. The summed E-state index contributed by atoms with van der Waals surface area (Å²) in [5, 5.41) is 2.68. The number of halogens is 2. The second-order valence-corrected chi connectivity index (χ2v) is 5.76. The van der Waals surface area contributed by atoms with Gasteiger partial charge in [0, 0.05) is 4.47 Å². The first-order chi connectivity index (χ1) is 11.0. The minimum atomic E-state index is -0.637. The van der Waals surface area contributed by atoms with Gasteiger partial charge in [0.1, 0.15) is 5.82 Å². The van der Waals surface area contributed by atoms with Gasteiger partial charge in [0.25, 0.3) is 5.91 Å². The Balaban J connectivity index is 2.23. The molecule has 0 aliphatic heterocycles. The molecule has 0 saturated carbocycles. The molecule has 4 nitrogen and oxygen atoms in total. The van der Waals surface area contributed by atoms with Gasteiger partial charge >= 0.3 is 5.97 Å². The van der Waals surface area contributed by atoms with Crippen LogP contribution in [0.25, 0.3) is 0 Å². The lowest BCUT2D eigenvalue weighted by Crippen LogP contribution is -2.31. The number of ether oxygens (including phenoxy) is 1. The summed E-state index contributed by atoms with van der Waals surface area (Å²) in [7, 11) is 1.28. The molecular formula is C17H15BrFNO3. The summed E-state index contributed by atoms with van der Waals surface area (Å²) < 4.78 is 19.1. The second kappa shape index (κ2) is 7.87. The summed E-state index contributed by atoms with van der Waals surface area (Å²) in [5.41, 5.74) is 0.655. The van der Waals surface area contributed by atoms with Gasteiger partial charge in [0.05, 0.1) is 25.1 Å². The van der Waals surface area contributed by atoms with Gasteiger partial charge in [-0.1, -0.05) is 46.3 Å². The number of carbonyl (C=O) groups excluding carboxylic acids is 2. The van der Waals surface area contributed by atoms with Crippen LogP contribution in [0.15, 0.2) is 53.0 Å². The van der Waals surface area contributed by atoms with E-state index in [1.807, 2.05) is 6.07 Å².